The van der Waals surface area contributed by atoms with Crippen molar-refractivity contribution in [1.29, 1.82) is 0 Å². The maximum atomic E-state index is 12.6. The van der Waals surface area contributed by atoms with Crippen LogP contribution in [-0.2, 0) is 9.59 Å². The second kappa shape index (κ2) is 6.73. The van der Waals surface area contributed by atoms with Crippen molar-refractivity contribution < 1.29 is 14.7 Å². The first-order chi connectivity index (χ1) is 11.0. The number of carboxylic acids is 1. The average Bonchev–Trinajstić information content (AvgIpc) is 2.51. The molecule has 4 nitrogen and oxygen atoms in total. The van der Waals surface area contributed by atoms with Gasteiger partial charge in [-0.05, 0) is 50.0 Å². The van der Waals surface area contributed by atoms with Gasteiger partial charge in [0.25, 0.3) is 0 Å². The van der Waals surface area contributed by atoms with E-state index in [1.54, 1.807) is 4.90 Å². The number of hydrogen-bond donors (Lipinski definition) is 1. The van der Waals surface area contributed by atoms with Crippen LogP contribution in [0.5, 0.6) is 0 Å². The van der Waals surface area contributed by atoms with Gasteiger partial charge in [-0.1, -0.05) is 30.3 Å². The van der Waals surface area contributed by atoms with Crippen LogP contribution in [0.25, 0.3) is 0 Å². The van der Waals surface area contributed by atoms with Crippen molar-refractivity contribution in [2.24, 2.45) is 11.8 Å². The van der Waals surface area contributed by atoms with E-state index in [2.05, 4.69) is 24.3 Å². The summed E-state index contributed by atoms with van der Waals surface area (Å²) in [6.45, 7) is 2.41. The number of aliphatic carboxylic acids is 1. The maximum Gasteiger partial charge on any atom is 0.308 e. The highest BCUT2D eigenvalue weighted by molar-refractivity contribution is 5.78. The zero-order chi connectivity index (χ0) is 16.4. The van der Waals surface area contributed by atoms with Gasteiger partial charge in [0.15, 0.2) is 0 Å². The van der Waals surface area contributed by atoms with Crippen LogP contribution >= 0.6 is 0 Å². The van der Waals surface area contributed by atoms with Gasteiger partial charge >= 0.3 is 5.97 Å². The van der Waals surface area contributed by atoms with Crippen LogP contribution in [0.3, 0.4) is 0 Å². The first kappa shape index (κ1) is 16.0. The minimum Gasteiger partial charge on any atom is -0.481 e. The largest absolute Gasteiger partial charge is 0.481 e. The van der Waals surface area contributed by atoms with E-state index in [0.717, 1.165) is 19.3 Å². The van der Waals surface area contributed by atoms with Gasteiger partial charge in [-0.2, -0.15) is 0 Å². The lowest BCUT2D eigenvalue weighted by atomic mass is 9.70. The molecule has 2 atom stereocenters. The first-order valence-corrected chi connectivity index (χ1v) is 8.61. The number of hydrogen-bond acceptors (Lipinski definition) is 2. The molecule has 124 valence electrons. The van der Waals surface area contributed by atoms with Gasteiger partial charge in [0.2, 0.25) is 5.91 Å². The summed E-state index contributed by atoms with van der Waals surface area (Å²) < 4.78 is 0. The SMILES string of the molecule is CC1CCC(C(=O)O)CN1C(=O)CC1CC(c2ccccc2)C1. The third-order valence-corrected chi connectivity index (χ3v) is 5.52. The molecule has 2 fully saturated rings. The van der Waals surface area contributed by atoms with Crippen LogP contribution < -0.4 is 0 Å². The summed E-state index contributed by atoms with van der Waals surface area (Å²) in [6.07, 6.45) is 4.18. The van der Waals surface area contributed by atoms with Crippen LogP contribution in [0.15, 0.2) is 30.3 Å². The zero-order valence-electron chi connectivity index (χ0n) is 13.6. The Morgan fingerprint density at radius 2 is 1.87 bits per heavy atom. The van der Waals surface area contributed by atoms with Crippen molar-refractivity contribution in [3.05, 3.63) is 35.9 Å². The second-order valence-corrected chi connectivity index (χ2v) is 7.16. The molecule has 3 rings (SSSR count). The van der Waals surface area contributed by atoms with Gasteiger partial charge in [0, 0.05) is 19.0 Å². The molecule has 0 bridgehead atoms. The van der Waals surface area contributed by atoms with E-state index in [9.17, 15) is 14.7 Å². The van der Waals surface area contributed by atoms with Gasteiger partial charge in [-0.25, -0.2) is 0 Å². The summed E-state index contributed by atoms with van der Waals surface area (Å²) in [6, 6.07) is 10.6. The number of carbonyl (C=O) groups is 2. The lowest BCUT2D eigenvalue weighted by Gasteiger charge is -2.40. The molecule has 23 heavy (non-hydrogen) atoms. The summed E-state index contributed by atoms with van der Waals surface area (Å²) in [4.78, 5) is 25.5. The van der Waals surface area contributed by atoms with E-state index in [1.165, 1.54) is 5.56 Å². The van der Waals surface area contributed by atoms with Crippen LogP contribution in [0.4, 0.5) is 0 Å². The molecule has 1 saturated carbocycles. The topological polar surface area (TPSA) is 57.6 Å². The molecule has 1 heterocycles. The van der Waals surface area contributed by atoms with Crippen molar-refractivity contribution in [2.45, 2.75) is 51.0 Å². The molecule has 4 heteroatoms. The maximum absolute atomic E-state index is 12.6. The Balaban J connectivity index is 1.51. The highest BCUT2D eigenvalue weighted by Gasteiger charge is 2.36. The van der Waals surface area contributed by atoms with Crippen LogP contribution in [0, 0.1) is 11.8 Å². The number of amides is 1. The highest BCUT2D eigenvalue weighted by atomic mass is 16.4. The molecule has 1 saturated heterocycles. The van der Waals surface area contributed by atoms with Gasteiger partial charge in [-0.15, -0.1) is 0 Å². The molecule has 0 radical (unpaired) electrons. The van der Waals surface area contributed by atoms with Crippen molar-refractivity contribution >= 4 is 11.9 Å². The van der Waals surface area contributed by atoms with Crippen molar-refractivity contribution in [1.82, 2.24) is 4.90 Å². The van der Waals surface area contributed by atoms with E-state index in [1.807, 2.05) is 13.0 Å². The van der Waals surface area contributed by atoms with E-state index in [-0.39, 0.29) is 11.9 Å². The van der Waals surface area contributed by atoms with E-state index in [4.69, 9.17) is 0 Å². The second-order valence-electron chi connectivity index (χ2n) is 7.16. The Kier molecular flexibility index (Phi) is 4.69. The Labute approximate surface area is 137 Å². The summed E-state index contributed by atoms with van der Waals surface area (Å²) in [7, 11) is 0. The standard InChI is InChI=1S/C19H25NO3/c1-13-7-8-16(19(22)23)12-20(13)18(21)11-14-9-17(10-14)15-5-3-2-4-6-15/h2-6,13-14,16-17H,7-12H2,1H3,(H,22,23). The number of carboxylic acid groups (broad SMARTS) is 1. The van der Waals surface area contributed by atoms with Gasteiger partial charge < -0.3 is 10.0 Å². The first-order valence-electron chi connectivity index (χ1n) is 8.61. The van der Waals surface area contributed by atoms with Crippen molar-refractivity contribution in [3.63, 3.8) is 0 Å². The molecule has 1 aliphatic heterocycles. The molecular formula is C19H25NO3. The lowest BCUT2D eigenvalue weighted by Crippen LogP contribution is -2.48. The third kappa shape index (κ3) is 3.57. The molecule has 1 aliphatic carbocycles. The monoisotopic (exact) mass is 315 g/mol. The fraction of sp³-hybridized carbons (Fsp3) is 0.579. The fourth-order valence-corrected chi connectivity index (χ4v) is 3.92. The highest BCUT2D eigenvalue weighted by Crippen LogP contribution is 2.43. The number of likely N-dealkylation sites (tertiary alicyclic amines) is 1. The normalized spacial score (nSPS) is 30.6. The smallest absolute Gasteiger partial charge is 0.308 e. The molecule has 1 aromatic rings. The zero-order valence-corrected chi connectivity index (χ0v) is 13.6. The molecule has 0 spiro atoms. The Hall–Kier alpha value is -1.84. The lowest BCUT2D eigenvalue weighted by molar-refractivity contribution is -0.147. The number of piperidine rings is 1. The Bertz CT molecular complexity index is 565. The number of rotatable bonds is 4. The van der Waals surface area contributed by atoms with Gasteiger partial charge in [0.1, 0.15) is 0 Å². The predicted octanol–water partition coefficient (Wildman–Crippen LogP) is 3.28. The summed E-state index contributed by atoms with van der Waals surface area (Å²) in [5.41, 5.74) is 1.37. The molecular weight excluding hydrogens is 290 g/mol. The summed E-state index contributed by atoms with van der Waals surface area (Å²) in [5.74, 6) is 0.000660. The van der Waals surface area contributed by atoms with Crippen LogP contribution in [0.2, 0.25) is 0 Å². The molecule has 2 unspecified atom stereocenters. The molecule has 1 aromatic carbocycles. The van der Waals surface area contributed by atoms with E-state index in [0.29, 0.717) is 31.2 Å². The Morgan fingerprint density at radius 1 is 1.17 bits per heavy atom. The summed E-state index contributed by atoms with van der Waals surface area (Å²) in [5, 5.41) is 9.19. The third-order valence-electron chi connectivity index (χ3n) is 5.52. The number of carbonyl (C=O) groups excluding carboxylic acids is 1. The summed E-state index contributed by atoms with van der Waals surface area (Å²) >= 11 is 0. The molecule has 1 N–H and O–H groups in total. The van der Waals surface area contributed by atoms with E-state index < -0.39 is 11.9 Å². The number of benzene rings is 1. The molecule has 2 aliphatic rings. The quantitative estimate of drug-likeness (QED) is 0.927. The minimum atomic E-state index is -0.775. The predicted molar refractivity (Wildman–Crippen MR) is 88.1 cm³/mol. The van der Waals surface area contributed by atoms with Gasteiger partial charge in [0.05, 0.1) is 5.92 Å². The van der Waals surface area contributed by atoms with Crippen LogP contribution in [0.1, 0.15) is 50.5 Å². The minimum absolute atomic E-state index is 0.139. The number of nitrogens with zero attached hydrogens (tertiary/aromatic N) is 1. The van der Waals surface area contributed by atoms with Gasteiger partial charge in [-0.3, -0.25) is 9.59 Å². The Morgan fingerprint density at radius 3 is 2.52 bits per heavy atom. The average molecular weight is 315 g/mol. The van der Waals surface area contributed by atoms with Crippen molar-refractivity contribution in [3.8, 4) is 0 Å². The molecule has 0 aromatic heterocycles. The van der Waals surface area contributed by atoms with Crippen molar-refractivity contribution in [2.75, 3.05) is 6.54 Å². The fourth-order valence-electron chi connectivity index (χ4n) is 3.92. The molecule has 1 amide bonds. The van der Waals surface area contributed by atoms with Crippen LogP contribution in [-0.4, -0.2) is 34.5 Å². The van der Waals surface area contributed by atoms with E-state index >= 15 is 0 Å².